The number of nitrogens with zero attached hydrogens (tertiary/aromatic N) is 1. The van der Waals surface area contributed by atoms with Crippen LogP contribution in [0.15, 0.2) is 89.5 Å². The number of rotatable bonds is 8. The normalized spacial score (nSPS) is 15.1. The molecule has 0 amide bonds. The van der Waals surface area contributed by atoms with Crippen molar-refractivity contribution in [2.75, 3.05) is 6.61 Å². The Morgan fingerprint density at radius 3 is 2.22 bits per heavy atom. The number of benzene rings is 3. The summed E-state index contributed by atoms with van der Waals surface area (Å²) in [7, 11) is 0. The number of aliphatic hydroxyl groups is 1. The first kappa shape index (κ1) is 23.8. The van der Waals surface area contributed by atoms with Gasteiger partial charge in [-0.15, -0.1) is 0 Å². The third kappa shape index (κ3) is 4.62. The lowest BCUT2D eigenvalue weighted by atomic mass is 9.93. The van der Waals surface area contributed by atoms with Crippen LogP contribution in [0.25, 0.3) is 28.5 Å². The van der Waals surface area contributed by atoms with E-state index in [0.717, 1.165) is 40.7 Å². The number of esters is 1. The molecular formula is C31H29NO4. The second-order valence-electron chi connectivity index (χ2n) is 9.18. The van der Waals surface area contributed by atoms with Crippen molar-refractivity contribution < 1.29 is 19.2 Å². The van der Waals surface area contributed by atoms with Gasteiger partial charge < -0.3 is 14.4 Å². The molecule has 5 nitrogen and oxygen atoms in total. The van der Waals surface area contributed by atoms with Gasteiger partial charge in [-0.1, -0.05) is 96.2 Å². The van der Waals surface area contributed by atoms with Crippen LogP contribution in [0, 0.1) is 6.92 Å². The SMILES string of the molecule is CCOC(=O)C1(c2ccc(-c3ccc(-c4onc(C)c4C(O)C=Cc4ccccc4)cc3)cc2)CC1. The fraction of sp³-hybridized carbons (Fsp3) is 0.226. The lowest BCUT2D eigenvalue weighted by Crippen LogP contribution is -2.23. The second kappa shape index (κ2) is 9.96. The molecule has 1 atom stereocenters. The maximum absolute atomic E-state index is 12.4. The fourth-order valence-electron chi connectivity index (χ4n) is 4.60. The van der Waals surface area contributed by atoms with Gasteiger partial charge in [0.25, 0.3) is 0 Å². The minimum absolute atomic E-state index is 0.124. The van der Waals surface area contributed by atoms with Crippen LogP contribution in [-0.2, 0) is 14.9 Å². The van der Waals surface area contributed by atoms with E-state index in [4.69, 9.17) is 9.26 Å². The Bertz CT molecular complexity index is 1360. The average molecular weight is 480 g/mol. The number of carbonyl (C=O) groups is 1. The molecule has 0 saturated heterocycles. The number of carbonyl (C=O) groups excluding carboxylic acids is 1. The summed E-state index contributed by atoms with van der Waals surface area (Å²) in [6.07, 6.45) is 4.47. The van der Waals surface area contributed by atoms with E-state index in [1.54, 1.807) is 6.08 Å². The molecule has 3 aromatic carbocycles. The lowest BCUT2D eigenvalue weighted by molar-refractivity contribution is -0.146. The summed E-state index contributed by atoms with van der Waals surface area (Å²) in [5.41, 5.74) is 5.83. The summed E-state index contributed by atoms with van der Waals surface area (Å²) in [6, 6.07) is 26.0. The Balaban J connectivity index is 1.35. The quantitative estimate of drug-likeness (QED) is 0.286. The molecule has 4 aromatic rings. The van der Waals surface area contributed by atoms with E-state index in [9.17, 15) is 9.90 Å². The topological polar surface area (TPSA) is 72.6 Å². The highest BCUT2D eigenvalue weighted by molar-refractivity contribution is 5.87. The molecule has 1 aliphatic carbocycles. The molecule has 5 rings (SSSR count). The van der Waals surface area contributed by atoms with E-state index in [1.165, 1.54) is 0 Å². The van der Waals surface area contributed by atoms with E-state index in [1.807, 2.05) is 98.8 Å². The third-order valence-electron chi connectivity index (χ3n) is 6.81. The Morgan fingerprint density at radius 2 is 1.61 bits per heavy atom. The van der Waals surface area contributed by atoms with Crippen LogP contribution in [0.3, 0.4) is 0 Å². The second-order valence-corrected chi connectivity index (χ2v) is 9.18. The zero-order valence-corrected chi connectivity index (χ0v) is 20.5. The minimum atomic E-state index is -0.840. The van der Waals surface area contributed by atoms with Gasteiger partial charge in [-0.2, -0.15) is 0 Å². The molecule has 1 aromatic heterocycles. The van der Waals surface area contributed by atoms with Gasteiger partial charge in [-0.05, 0) is 48.9 Å². The van der Waals surface area contributed by atoms with Crippen molar-refractivity contribution in [2.24, 2.45) is 0 Å². The summed E-state index contributed by atoms with van der Waals surface area (Å²) < 4.78 is 10.9. The molecular weight excluding hydrogens is 450 g/mol. The van der Waals surface area contributed by atoms with Crippen LogP contribution in [-0.4, -0.2) is 22.8 Å². The standard InChI is InChI=1S/C31H29NO4/c1-3-35-30(34)31(19-20-31)26-16-14-24(15-17-26)23-10-12-25(13-11-23)29-28(21(2)32-36-29)27(33)18-9-22-7-5-4-6-8-22/h4-18,27,33H,3,19-20H2,1-2H3. The van der Waals surface area contributed by atoms with Crippen molar-refractivity contribution in [3.8, 4) is 22.5 Å². The predicted octanol–water partition coefficient (Wildman–Crippen LogP) is 6.66. The molecule has 182 valence electrons. The van der Waals surface area contributed by atoms with Gasteiger partial charge in [0.15, 0.2) is 5.76 Å². The largest absolute Gasteiger partial charge is 0.465 e. The van der Waals surface area contributed by atoms with Gasteiger partial charge in [-0.25, -0.2) is 0 Å². The van der Waals surface area contributed by atoms with Crippen LogP contribution in [0.1, 0.15) is 48.3 Å². The van der Waals surface area contributed by atoms with Crippen molar-refractivity contribution in [3.63, 3.8) is 0 Å². The zero-order valence-electron chi connectivity index (χ0n) is 20.5. The number of hydrogen-bond acceptors (Lipinski definition) is 5. The van der Waals surface area contributed by atoms with E-state index in [2.05, 4.69) is 5.16 Å². The molecule has 1 aliphatic rings. The smallest absolute Gasteiger partial charge is 0.316 e. The number of ether oxygens (including phenoxy) is 1. The van der Waals surface area contributed by atoms with E-state index >= 15 is 0 Å². The van der Waals surface area contributed by atoms with Crippen molar-refractivity contribution >= 4 is 12.0 Å². The highest BCUT2D eigenvalue weighted by Gasteiger charge is 2.52. The first-order chi connectivity index (χ1) is 17.5. The number of aromatic nitrogens is 1. The Hall–Kier alpha value is -3.96. The van der Waals surface area contributed by atoms with Gasteiger partial charge in [0.05, 0.1) is 23.3 Å². The highest BCUT2D eigenvalue weighted by Crippen LogP contribution is 2.49. The van der Waals surface area contributed by atoms with Gasteiger partial charge >= 0.3 is 5.97 Å². The van der Waals surface area contributed by atoms with Gasteiger partial charge in [-0.3, -0.25) is 4.79 Å². The van der Waals surface area contributed by atoms with Crippen molar-refractivity contribution in [1.29, 1.82) is 0 Å². The molecule has 1 heterocycles. The molecule has 0 aliphatic heterocycles. The van der Waals surface area contributed by atoms with E-state index in [0.29, 0.717) is 23.6 Å². The monoisotopic (exact) mass is 479 g/mol. The van der Waals surface area contributed by atoms with Crippen molar-refractivity contribution in [1.82, 2.24) is 5.16 Å². The lowest BCUT2D eigenvalue weighted by Gasteiger charge is -2.14. The van der Waals surface area contributed by atoms with Crippen LogP contribution >= 0.6 is 0 Å². The van der Waals surface area contributed by atoms with E-state index in [-0.39, 0.29) is 5.97 Å². The average Bonchev–Trinajstić information content (AvgIpc) is 3.64. The summed E-state index contributed by atoms with van der Waals surface area (Å²) in [5.74, 6) is 0.436. The fourth-order valence-corrected chi connectivity index (χ4v) is 4.60. The van der Waals surface area contributed by atoms with Gasteiger partial charge in [0, 0.05) is 5.56 Å². The Morgan fingerprint density at radius 1 is 1.00 bits per heavy atom. The van der Waals surface area contributed by atoms with Crippen molar-refractivity contribution in [2.45, 2.75) is 38.2 Å². The molecule has 0 radical (unpaired) electrons. The highest BCUT2D eigenvalue weighted by atomic mass is 16.5. The molecule has 1 unspecified atom stereocenters. The molecule has 0 spiro atoms. The third-order valence-corrected chi connectivity index (χ3v) is 6.81. The number of aliphatic hydroxyl groups excluding tert-OH is 1. The van der Waals surface area contributed by atoms with Gasteiger partial charge in [0.2, 0.25) is 0 Å². The van der Waals surface area contributed by atoms with Crippen LogP contribution in [0.5, 0.6) is 0 Å². The molecule has 1 fully saturated rings. The maximum atomic E-state index is 12.4. The summed E-state index contributed by atoms with van der Waals surface area (Å²) in [4.78, 5) is 12.4. The molecule has 0 bridgehead atoms. The van der Waals surface area contributed by atoms with Crippen LogP contribution < -0.4 is 0 Å². The van der Waals surface area contributed by atoms with Gasteiger partial charge in [0.1, 0.15) is 6.10 Å². The number of hydrogen-bond donors (Lipinski definition) is 1. The predicted molar refractivity (Wildman–Crippen MR) is 140 cm³/mol. The summed E-state index contributed by atoms with van der Waals surface area (Å²) in [5, 5.41) is 15.0. The first-order valence-electron chi connectivity index (χ1n) is 12.3. The summed E-state index contributed by atoms with van der Waals surface area (Å²) >= 11 is 0. The minimum Gasteiger partial charge on any atom is -0.465 e. The van der Waals surface area contributed by atoms with E-state index < -0.39 is 11.5 Å². The van der Waals surface area contributed by atoms with Crippen LogP contribution in [0.4, 0.5) is 0 Å². The maximum Gasteiger partial charge on any atom is 0.316 e. The molecule has 1 N–H and O–H groups in total. The number of aryl methyl sites for hydroxylation is 1. The summed E-state index contributed by atoms with van der Waals surface area (Å²) in [6.45, 7) is 4.07. The van der Waals surface area contributed by atoms with Crippen molar-refractivity contribution in [3.05, 3.63) is 107 Å². The molecule has 36 heavy (non-hydrogen) atoms. The molecule has 5 heteroatoms. The zero-order chi connectivity index (χ0) is 25.1. The Labute approximate surface area is 211 Å². The Kier molecular flexibility index (Phi) is 6.57. The first-order valence-corrected chi connectivity index (χ1v) is 12.3. The van der Waals surface area contributed by atoms with Crippen LogP contribution in [0.2, 0.25) is 0 Å². The molecule has 1 saturated carbocycles.